The second-order valence-electron chi connectivity index (χ2n) is 4.67. The first kappa shape index (κ1) is 34.7. The van der Waals surface area contributed by atoms with Crippen molar-refractivity contribution in [2.75, 3.05) is 26.4 Å². The van der Waals surface area contributed by atoms with E-state index in [9.17, 15) is 4.79 Å². The van der Waals surface area contributed by atoms with E-state index in [0.717, 1.165) is 32.1 Å². The van der Waals surface area contributed by atoms with Crippen molar-refractivity contribution in [1.82, 2.24) is 0 Å². The van der Waals surface area contributed by atoms with Crippen molar-refractivity contribution in [1.29, 1.82) is 0 Å². The summed E-state index contributed by atoms with van der Waals surface area (Å²) in [4.78, 5) is 11.0. The Morgan fingerprint density at radius 3 is 1.17 bits per heavy atom. The summed E-state index contributed by atoms with van der Waals surface area (Å²) in [6.45, 7) is 10.7. The number of rotatable bonds is 8. The van der Waals surface area contributed by atoms with Crippen LogP contribution in [0.4, 0.5) is 0 Å². The SMILES string of the molecule is CCCC(=O)C(CC)CO.CCCO.CCCO.CCCO.[Zr]. The van der Waals surface area contributed by atoms with E-state index in [1.165, 1.54) is 0 Å². The van der Waals surface area contributed by atoms with Crippen molar-refractivity contribution in [3.8, 4) is 0 Å². The summed E-state index contributed by atoms with van der Waals surface area (Å²) in [5.74, 6) is 0.0902. The van der Waals surface area contributed by atoms with Gasteiger partial charge in [0.1, 0.15) is 5.78 Å². The van der Waals surface area contributed by atoms with E-state index >= 15 is 0 Å². The molecule has 0 amide bonds. The molecular formula is C17H40O5Zr. The molecule has 0 aliphatic carbocycles. The Kier molecular flexibility index (Phi) is 57.5. The van der Waals surface area contributed by atoms with Crippen molar-refractivity contribution >= 4 is 5.78 Å². The minimum absolute atomic E-state index is 0. The first-order valence-corrected chi connectivity index (χ1v) is 8.46. The van der Waals surface area contributed by atoms with Crippen LogP contribution in [-0.4, -0.2) is 52.6 Å². The summed E-state index contributed by atoms with van der Waals surface area (Å²) in [6, 6.07) is 0. The molecule has 0 rings (SSSR count). The van der Waals surface area contributed by atoms with Crippen molar-refractivity contribution in [2.45, 2.75) is 73.1 Å². The van der Waals surface area contributed by atoms with Gasteiger partial charge in [-0.1, -0.05) is 34.6 Å². The van der Waals surface area contributed by atoms with Gasteiger partial charge in [-0.25, -0.2) is 0 Å². The van der Waals surface area contributed by atoms with Crippen LogP contribution in [0, 0.1) is 5.92 Å². The second-order valence-corrected chi connectivity index (χ2v) is 4.67. The summed E-state index contributed by atoms with van der Waals surface area (Å²) < 4.78 is 0. The van der Waals surface area contributed by atoms with Crippen LogP contribution in [0.3, 0.4) is 0 Å². The van der Waals surface area contributed by atoms with Crippen LogP contribution in [0.2, 0.25) is 0 Å². The Morgan fingerprint density at radius 2 is 1.04 bits per heavy atom. The fraction of sp³-hybridized carbons (Fsp3) is 0.941. The largest absolute Gasteiger partial charge is 0.396 e. The molecule has 23 heavy (non-hydrogen) atoms. The average molecular weight is 416 g/mol. The Bertz CT molecular complexity index is 161. The van der Waals surface area contributed by atoms with E-state index in [1.807, 2.05) is 34.6 Å². The van der Waals surface area contributed by atoms with Gasteiger partial charge in [-0.2, -0.15) is 0 Å². The van der Waals surface area contributed by atoms with Crippen LogP contribution < -0.4 is 0 Å². The molecule has 4 N–H and O–H groups in total. The molecule has 1 atom stereocenters. The van der Waals surface area contributed by atoms with E-state index in [-0.39, 0.29) is 44.5 Å². The minimum atomic E-state index is -0.111. The van der Waals surface area contributed by atoms with Gasteiger partial charge >= 0.3 is 0 Å². The number of ketones is 1. The maximum Gasteiger partial charge on any atom is 0.138 e. The van der Waals surface area contributed by atoms with E-state index in [1.54, 1.807) is 0 Å². The molecule has 0 fully saturated rings. The van der Waals surface area contributed by atoms with Gasteiger partial charge in [0.2, 0.25) is 0 Å². The third-order valence-corrected chi connectivity index (χ3v) is 2.34. The van der Waals surface area contributed by atoms with Gasteiger partial charge in [-0.15, -0.1) is 0 Å². The zero-order valence-electron chi connectivity index (χ0n) is 15.8. The van der Waals surface area contributed by atoms with Crippen LogP contribution >= 0.6 is 0 Å². The molecule has 0 aromatic carbocycles. The van der Waals surface area contributed by atoms with Gasteiger partial charge in [0, 0.05) is 58.4 Å². The summed E-state index contributed by atoms with van der Waals surface area (Å²) in [5, 5.41) is 32.3. The number of hydrogen-bond acceptors (Lipinski definition) is 5. The van der Waals surface area contributed by atoms with Gasteiger partial charge in [0.05, 0.1) is 6.61 Å². The Hall–Kier alpha value is 0.393. The molecule has 1 unspecified atom stereocenters. The quantitative estimate of drug-likeness (QED) is 0.488. The van der Waals surface area contributed by atoms with Crippen molar-refractivity contribution in [3.05, 3.63) is 0 Å². The van der Waals surface area contributed by atoms with E-state index < -0.39 is 0 Å². The van der Waals surface area contributed by atoms with Crippen LogP contribution in [0.25, 0.3) is 0 Å². The predicted octanol–water partition coefficient (Wildman–Crippen LogP) is 2.54. The normalized spacial score (nSPS) is 9.61. The number of carbonyl (C=O) groups excluding carboxylic acids is 1. The molecule has 142 valence electrons. The molecule has 0 aromatic rings. The monoisotopic (exact) mass is 414 g/mol. The van der Waals surface area contributed by atoms with Gasteiger partial charge in [-0.3, -0.25) is 4.79 Å². The molecular weight excluding hydrogens is 375 g/mol. The van der Waals surface area contributed by atoms with Crippen molar-refractivity contribution in [3.63, 3.8) is 0 Å². The minimum Gasteiger partial charge on any atom is -0.396 e. The van der Waals surface area contributed by atoms with Gasteiger partial charge < -0.3 is 20.4 Å². The van der Waals surface area contributed by atoms with Crippen LogP contribution in [-0.2, 0) is 31.0 Å². The van der Waals surface area contributed by atoms with E-state index in [4.69, 9.17) is 20.4 Å². The molecule has 5 nitrogen and oxygen atoms in total. The third-order valence-electron chi connectivity index (χ3n) is 2.34. The molecule has 6 heteroatoms. The van der Waals surface area contributed by atoms with Gasteiger partial charge in [0.25, 0.3) is 0 Å². The molecule has 0 saturated carbocycles. The fourth-order valence-electron chi connectivity index (χ4n) is 0.909. The first-order valence-electron chi connectivity index (χ1n) is 8.46. The number of hydrogen-bond donors (Lipinski definition) is 4. The second kappa shape index (κ2) is 38.1. The van der Waals surface area contributed by atoms with E-state index in [2.05, 4.69) is 0 Å². The molecule has 0 radical (unpaired) electrons. The fourth-order valence-corrected chi connectivity index (χ4v) is 0.909. The van der Waals surface area contributed by atoms with Crippen molar-refractivity contribution in [2.24, 2.45) is 5.92 Å². The van der Waals surface area contributed by atoms with Crippen molar-refractivity contribution < 1.29 is 51.4 Å². The zero-order valence-corrected chi connectivity index (χ0v) is 18.3. The Morgan fingerprint density at radius 1 is 0.739 bits per heavy atom. The maximum atomic E-state index is 11.0. The average Bonchev–Trinajstić information content (AvgIpc) is 2.57. The maximum absolute atomic E-state index is 11.0. The molecule has 0 spiro atoms. The topological polar surface area (TPSA) is 98.0 Å². The van der Waals surface area contributed by atoms with Gasteiger partial charge in [0.15, 0.2) is 0 Å². The predicted molar refractivity (Wildman–Crippen MR) is 92.9 cm³/mol. The summed E-state index contributed by atoms with van der Waals surface area (Å²) in [6.07, 6.45) is 4.88. The first-order chi connectivity index (χ1) is 10.5. The van der Waals surface area contributed by atoms with Crippen LogP contribution in [0.15, 0.2) is 0 Å². The molecule has 0 heterocycles. The molecule has 0 bridgehead atoms. The third kappa shape index (κ3) is 45.0. The van der Waals surface area contributed by atoms with Gasteiger partial charge in [-0.05, 0) is 32.1 Å². The smallest absolute Gasteiger partial charge is 0.138 e. The standard InChI is InChI=1S/C8H16O2.3C3H8O.Zr/c1-3-5-8(10)7(4-2)6-9;3*1-2-3-4;/h7,9H,3-6H2,1-2H3;3*4H,2-3H2,1H3;. The Balaban J connectivity index is -0.0000000700. The number of carbonyl (C=O) groups is 1. The zero-order chi connectivity index (χ0) is 18.2. The molecule has 0 aliphatic heterocycles. The molecule has 0 aliphatic rings. The Labute approximate surface area is 162 Å². The summed E-state index contributed by atoms with van der Waals surface area (Å²) >= 11 is 0. The van der Waals surface area contributed by atoms with E-state index in [0.29, 0.717) is 26.2 Å². The summed E-state index contributed by atoms with van der Waals surface area (Å²) in [7, 11) is 0. The number of aliphatic hydroxyl groups excluding tert-OH is 4. The molecule has 0 aromatic heterocycles. The summed E-state index contributed by atoms with van der Waals surface area (Å²) in [5.41, 5.74) is 0. The van der Waals surface area contributed by atoms with Crippen LogP contribution in [0.5, 0.6) is 0 Å². The number of aliphatic hydroxyl groups is 4. The number of Topliss-reactive ketones (excluding diaryl/α,β-unsaturated/α-hetero) is 1. The van der Waals surface area contributed by atoms with Crippen LogP contribution in [0.1, 0.15) is 73.1 Å². The molecule has 0 saturated heterocycles.